The second-order valence-electron chi connectivity index (χ2n) is 3.60. The van der Waals surface area contributed by atoms with Gasteiger partial charge in [-0.3, -0.25) is 0 Å². The normalized spacial score (nSPS) is 10.4. The topological polar surface area (TPSA) is 38.0 Å². The van der Waals surface area contributed by atoms with Gasteiger partial charge in [0.2, 0.25) is 0 Å². The summed E-state index contributed by atoms with van der Waals surface area (Å²) in [5.74, 6) is -3.26. The van der Waals surface area contributed by atoms with Gasteiger partial charge < -0.3 is 11.1 Å². The number of hydrogen-bond acceptors (Lipinski definition) is 2. The summed E-state index contributed by atoms with van der Waals surface area (Å²) in [6.45, 7) is 0. The lowest BCUT2D eigenvalue weighted by Crippen LogP contribution is -2.00. The molecule has 6 heteroatoms. The van der Waals surface area contributed by atoms with Gasteiger partial charge in [-0.25, -0.2) is 13.2 Å². The third kappa shape index (κ3) is 2.59. The van der Waals surface area contributed by atoms with Gasteiger partial charge in [-0.05, 0) is 18.2 Å². The predicted molar refractivity (Wildman–Crippen MR) is 68.2 cm³/mol. The molecule has 2 nitrogen and oxygen atoms in total. The number of hydrogen-bond donors (Lipinski definition) is 2. The Morgan fingerprint density at radius 3 is 2.28 bits per heavy atom. The van der Waals surface area contributed by atoms with Gasteiger partial charge in [-0.15, -0.1) is 0 Å². The van der Waals surface area contributed by atoms with Crippen molar-refractivity contribution in [2.45, 2.75) is 0 Å². The minimum atomic E-state index is -1.24. The number of nitrogens with two attached hydrogens (primary N) is 1. The smallest absolute Gasteiger partial charge is 0.161 e. The maximum Gasteiger partial charge on any atom is 0.161 e. The van der Waals surface area contributed by atoms with Crippen LogP contribution in [0.25, 0.3) is 0 Å². The van der Waals surface area contributed by atoms with Crippen molar-refractivity contribution >= 4 is 33.0 Å². The van der Waals surface area contributed by atoms with Crippen molar-refractivity contribution < 1.29 is 13.2 Å². The Balaban J connectivity index is 2.40. The van der Waals surface area contributed by atoms with Crippen LogP contribution in [0.1, 0.15) is 0 Å². The van der Waals surface area contributed by atoms with E-state index in [1.54, 1.807) is 18.2 Å². The molecule has 0 saturated heterocycles. The monoisotopic (exact) mass is 316 g/mol. The Kier molecular flexibility index (Phi) is 3.47. The van der Waals surface area contributed by atoms with E-state index in [-0.39, 0.29) is 5.69 Å². The van der Waals surface area contributed by atoms with E-state index in [4.69, 9.17) is 5.73 Å². The molecule has 0 saturated carbocycles. The van der Waals surface area contributed by atoms with Crippen molar-refractivity contribution in [1.29, 1.82) is 0 Å². The van der Waals surface area contributed by atoms with Crippen molar-refractivity contribution in [1.82, 2.24) is 0 Å². The Bertz CT molecular complexity index is 602. The fraction of sp³-hybridized carbons (Fsp3) is 0. The fourth-order valence-corrected chi connectivity index (χ4v) is 1.76. The molecule has 0 fully saturated rings. The minimum Gasteiger partial charge on any atom is -0.397 e. The first-order chi connectivity index (χ1) is 8.47. The average Bonchev–Trinajstić information content (AvgIpc) is 2.30. The van der Waals surface area contributed by atoms with E-state index in [9.17, 15) is 13.2 Å². The van der Waals surface area contributed by atoms with Crippen molar-refractivity contribution in [3.8, 4) is 0 Å². The van der Waals surface area contributed by atoms with E-state index in [1.807, 2.05) is 0 Å². The van der Waals surface area contributed by atoms with Crippen LogP contribution in [0, 0.1) is 17.5 Å². The Labute approximate surface area is 110 Å². The quantitative estimate of drug-likeness (QED) is 0.644. The molecular formula is C12H8BrF3N2. The van der Waals surface area contributed by atoms with Gasteiger partial charge in [0.25, 0.3) is 0 Å². The number of rotatable bonds is 2. The Morgan fingerprint density at radius 2 is 1.56 bits per heavy atom. The molecule has 0 radical (unpaired) electrons. The van der Waals surface area contributed by atoms with Gasteiger partial charge in [0.15, 0.2) is 11.6 Å². The molecule has 0 aromatic heterocycles. The van der Waals surface area contributed by atoms with Gasteiger partial charge in [-0.2, -0.15) is 0 Å². The Morgan fingerprint density at radius 1 is 0.889 bits per heavy atom. The predicted octanol–water partition coefficient (Wildman–Crippen LogP) is 4.19. The molecule has 0 unspecified atom stereocenters. The highest BCUT2D eigenvalue weighted by molar-refractivity contribution is 9.10. The third-order valence-corrected chi connectivity index (χ3v) is 2.79. The molecule has 0 amide bonds. The molecule has 2 aromatic rings. The van der Waals surface area contributed by atoms with E-state index >= 15 is 0 Å². The number of nitrogen functional groups attached to an aromatic ring is 1. The zero-order valence-electron chi connectivity index (χ0n) is 8.98. The van der Waals surface area contributed by atoms with Crippen LogP contribution >= 0.6 is 15.9 Å². The van der Waals surface area contributed by atoms with Crippen LogP contribution in [0.5, 0.6) is 0 Å². The highest BCUT2D eigenvalue weighted by Gasteiger charge is 2.11. The molecule has 0 aliphatic carbocycles. The van der Waals surface area contributed by atoms with Gasteiger partial charge >= 0.3 is 0 Å². The van der Waals surface area contributed by atoms with E-state index < -0.39 is 17.5 Å². The highest BCUT2D eigenvalue weighted by atomic mass is 79.9. The van der Waals surface area contributed by atoms with Crippen molar-refractivity contribution in [3.05, 3.63) is 52.3 Å². The lowest BCUT2D eigenvalue weighted by atomic mass is 10.2. The second-order valence-corrected chi connectivity index (χ2v) is 4.52. The average molecular weight is 317 g/mol. The summed E-state index contributed by atoms with van der Waals surface area (Å²) in [4.78, 5) is 0. The maximum atomic E-state index is 13.4. The SMILES string of the molecule is Nc1ccc(Br)cc1Nc1cc(F)c(F)cc1F. The van der Waals surface area contributed by atoms with Crippen molar-refractivity contribution in [3.63, 3.8) is 0 Å². The highest BCUT2D eigenvalue weighted by Crippen LogP contribution is 2.28. The van der Waals surface area contributed by atoms with Crippen LogP contribution in [0.15, 0.2) is 34.8 Å². The van der Waals surface area contributed by atoms with Crippen molar-refractivity contribution in [2.24, 2.45) is 0 Å². The number of anilines is 3. The molecule has 94 valence electrons. The van der Waals surface area contributed by atoms with Crippen LogP contribution in [0.4, 0.5) is 30.2 Å². The molecule has 0 spiro atoms. The van der Waals surface area contributed by atoms with Crippen LogP contribution in [0.3, 0.4) is 0 Å². The molecule has 0 aliphatic rings. The number of halogens is 4. The maximum absolute atomic E-state index is 13.4. The molecule has 3 N–H and O–H groups in total. The zero-order valence-corrected chi connectivity index (χ0v) is 10.6. The molecule has 18 heavy (non-hydrogen) atoms. The van der Waals surface area contributed by atoms with Gasteiger partial charge in [-0.1, -0.05) is 15.9 Å². The standard InChI is InChI=1S/C12H8BrF3N2/c13-6-1-2-10(17)12(3-6)18-11-5-8(15)7(14)4-9(11)16/h1-5,18H,17H2. The molecule has 0 atom stereocenters. The lowest BCUT2D eigenvalue weighted by Gasteiger charge is -2.11. The molecule has 0 aliphatic heterocycles. The van der Waals surface area contributed by atoms with E-state index in [0.717, 1.165) is 10.5 Å². The zero-order chi connectivity index (χ0) is 13.3. The second kappa shape index (κ2) is 4.89. The third-order valence-electron chi connectivity index (χ3n) is 2.29. The number of benzene rings is 2. The summed E-state index contributed by atoms with van der Waals surface area (Å²) >= 11 is 3.23. The first-order valence-electron chi connectivity index (χ1n) is 4.94. The summed E-state index contributed by atoms with van der Waals surface area (Å²) in [5.41, 5.74) is 6.26. The Hall–Kier alpha value is -1.69. The first kappa shape index (κ1) is 12.8. The van der Waals surface area contributed by atoms with Gasteiger partial charge in [0.1, 0.15) is 5.82 Å². The minimum absolute atomic E-state index is 0.182. The molecule has 0 heterocycles. The van der Waals surface area contributed by atoms with E-state index in [1.165, 1.54) is 0 Å². The summed E-state index contributed by atoms with van der Waals surface area (Å²) in [6, 6.07) is 6.14. The van der Waals surface area contributed by atoms with Crippen LogP contribution < -0.4 is 11.1 Å². The summed E-state index contributed by atoms with van der Waals surface area (Å²) < 4.78 is 39.9. The molecule has 2 rings (SSSR count). The summed E-state index contributed by atoms with van der Waals surface area (Å²) in [5, 5.41) is 2.61. The summed E-state index contributed by atoms with van der Waals surface area (Å²) in [7, 11) is 0. The van der Waals surface area contributed by atoms with Crippen LogP contribution in [-0.2, 0) is 0 Å². The van der Waals surface area contributed by atoms with Gasteiger partial charge in [0, 0.05) is 16.6 Å². The van der Waals surface area contributed by atoms with Crippen molar-refractivity contribution in [2.75, 3.05) is 11.1 Å². The summed E-state index contributed by atoms with van der Waals surface area (Å²) in [6.07, 6.45) is 0. The lowest BCUT2D eigenvalue weighted by molar-refractivity contribution is 0.496. The number of nitrogens with one attached hydrogen (secondary N) is 1. The fourth-order valence-electron chi connectivity index (χ4n) is 1.40. The van der Waals surface area contributed by atoms with E-state index in [2.05, 4.69) is 21.2 Å². The van der Waals surface area contributed by atoms with Gasteiger partial charge in [0.05, 0.1) is 17.1 Å². The molecule has 2 aromatic carbocycles. The van der Waals surface area contributed by atoms with Crippen LogP contribution in [-0.4, -0.2) is 0 Å². The molecule has 0 bridgehead atoms. The van der Waals surface area contributed by atoms with Crippen LogP contribution in [0.2, 0.25) is 0 Å². The molecular weight excluding hydrogens is 309 g/mol. The first-order valence-corrected chi connectivity index (χ1v) is 5.73. The van der Waals surface area contributed by atoms with E-state index in [0.29, 0.717) is 17.4 Å². The largest absolute Gasteiger partial charge is 0.397 e.